The van der Waals surface area contributed by atoms with Crippen LogP contribution in [0.3, 0.4) is 0 Å². The SMILES string of the molecule is CC(COC(=O)OCc1ccc([N+](=O)[O-])cc1)[C@H]1C(=O)N2C1CC(=O)[C@@H]2C(=O)O. The van der Waals surface area contributed by atoms with E-state index < -0.39 is 52.7 Å². The predicted molar refractivity (Wildman–Crippen MR) is 93.6 cm³/mol. The Morgan fingerprint density at radius 3 is 2.52 bits per heavy atom. The molecule has 1 aromatic carbocycles. The second kappa shape index (κ2) is 7.86. The summed E-state index contributed by atoms with van der Waals surface area (Å²) in [6, 6.07) is 3.55. The van der Waals surface area contributed by atoms with Crippen LogP contribution in [0.1, 0.15) is 18.9 Å². The number of ketones is 1. The number of Topliss-reactive ketones (excluding diaryl/α,β-unsaturated/α-hetero) is 1. The van der Waals surface area contributed by atoms with E-state index in [1.807, 2.05) is 0 Å². The molecule has 4 atom stereocenters. The van der Waals surface area contributed by atoms with Crippen LogP contribution < -0.4 is 0 Å². The number of fused-ring (bicyclic) bond motifs is 1. The molecule has 29 heavy (non-hydrogen) atoms. The number of hydrogen-bond acceptors (Lipinski definition) is 8. The smallest absolute Gasteiger partial charge is 0.479 e. The zero-order valence-corrected chi connectivity index (χ0v) is 15.3. The number of carbonyl (C=O) groups excluding carboxylic acids is 3. The second-order valence-corrected chi connectivity index (χ2v) is 7.00. The van der Waals surface area contributed by atoms with Gasteiger partial charge in [-0.1, -0.05) is 6.92 Å². The van der Waals surface area contributed by atoms with Crippen molar-refractivity contribution in [3.8, 4) is 0 Å². The molecule has 154 valence electrons. The van der Waals surface area contributed by atoms with Crippen molar-refractivity contribution in [3.63, 3.8) is 0 Å². The number of β-lactam (4-membered cyclic amide) rings is 1. The molecule has 1 aromatic rings. The highest BCUT2D eigenvalue weighted by molar-refractivity contribution is 6.10. The largest absolute Gasteiger partial charge is 0.508 e. The minimum atomic E-state index is -1.43. The van der Waals surface area contributed by atoms with E-state index in [2.05, 4.69) is 0 Å². The van der Waals surface area contributed by atoms with E-state index in [1.54, 1.807) is 6.92 Å². The zero-order valence-electron chi connectivity index (χ0n) is 15.3. The van der Waals surface area contributed by atoms with Crippen LogP contribution in [0.15, 0.2) is 24.3 Å². The third-order valence-corrected chi connectivity index (χ3v) is 5.12. The summed E-state index contributed by atoms with van der Waals surface area (Å²) in [5, 5.41) is 19.7. The number of aliphatic carboxylic acids is 1. The van der Waals surface area contributed by atoms with E-state index in [9.17, 15) is 29.3 Å². The van der Waals surface area contributed by atoms with Crippen LogP contribution in [0, 0.1) is 22.0 Å². The minimum absolute atomic E-state index is 0.0255. The maximum Gasteiger partial charge on any atom is 0.508 e. The summed E-state index contributed by atoms with van der Waals surface area (Å²) in [6.07, 6.45) is -0.993. The number of non-ortho nitro benzene ring substituents is 1. The topological polar surface area (TPSA) is 153 Å². The third kappa shape index (κ3) is 3.89. The van der Waals surface area contributed by atoms with Crippen LogP contribution in [0.25, 0.3) is 0 Å². The van der Waals surface area contributed by atoms with E-state index in [4.69, 9.17) is 14.6 Å². The molecule has 0 bridgehead atoms. The van der Waals surface area contributed by atoms with Crippen molar-refractivity contribution >= 4 is 29.5 Å². The van der Waals surface area contributed by atoms with Gasteiger partial charge in [0.1, 0.15) is 6.61 Å². The number of amides is 1. The molecule has 2 heterocycles. The molecule has 2 fully saturated rings. The number of nitro groups is 1. The van der Waals surface area contributed by atoms with Gasteiger partial charge in [-0.25, -0.2) is 9.59 Å². The van der Waals surface area contributed by atoms with Crippen molar-refractivity contribution in [2.45, 2.75) is 32.0 Å². The first-order chi connectivity index (χ1) is 13.7. The molecule has 0 radical (unpaired) electrons. The van der Waals surface area contributed by atoms with Gasteiger partial charge in [-0.3, -0.25) is 19.7 Å². The Hall–Kier alpha value is -3.50. The number of benzene rings is 1. The van der Waals surface area contributed by atoms with Gasteiger partial charge in [0.05, 0.1) is 23.5 Å². The van der Waals surface area contributed by atoms with Crippen LogP contribution in [0.2, 0.25) is 0 Å². The fourth-order valence-electron chi connectivity index (χ4n) is 3.69. The number of nitrogens with zero attached hydrogens (tertiary/aromatic N) is 2. The monoisotopic (exact) mass is 406 g/mol. The van der Waals surface area contributed by atoms with Gasteiger partial charge in [0, 0.05) is 24.5 Å². The molecular formula is C18H18N2O9. The molecule has 0 aromatic heterocycles. The molecule has 0 spiro atoms. The van der Waals surface area contributed by atoms with Crippen molar-refractivity contribution in [2.75, 3.05) is 6.61 Å². The number of carboxylic acid groups (broad SMARTS) is 1. The molecular weight excluding hydrogens is 388 g/mol. The summed E-state index contributed by atoms with van der Waals surface area (Å²) in [5.74, 6) is -3.30. The highest BCUT2D eigenvalue weighted by Gasteiger charge is 2.61. The van der Waals surface area contributed by atoms with Gasteiger partial charge in [-0.15, -0.1) is 0 Å². The van der Waals surface area contributed by atoms with Gasteiger partial charge in [-0.05, 0) is 17.7 Å². The Morgan fingerprint density at radius 1 is 1.28 bits per heavy atom. The van der Waals surface area contributed by atoms with Gasteiger partial charge < -0.3 is 19.5 Å². The Bertz CT molecular complexity index is 867. The lowest BCUT2D eigenvalue weighted by atomic mass is 9.79. The van der Waals surface area contributed by atoms with Crippen molar-refractivity contribution in [2.24, 2.45) is 11.8 Å². The number of carboxylic acids is 1. The van der Waals surface area contributed by atoms with Crippen molar-refractivity contribution in [3.05, 3.63) is 39.9 Å². The standard InChI is InChI=1S/C18H18N2O9/c1-9(14-12-6-13(21)15(17(23)24)19(12)16(14)22)7-28-18(25)29-8-10-2-4-11(5-3-10)20(26)27/h2-5,9,12,14-15H,6-8H2,1H3,(H,23,24)/t9?,12?,14-,15-/m1/s1. The summed E-state index contributed by atoms with van der Waals surface area (Å²) >= 11 is 0. The van der Waals surface area contributed by atoms with Crippen LogP contribution in [-0.2, 0) is 30.5 Å². The lowest BCUT2D eigenvalue weighted by Gasteiger charge is -2.46. The fraction of sp³-hybridized carbons (Fsp3) is 0.444. The summed E-state index contributed by atoms with van der Waals surface area (Å²) in [4.78, 5) is 58.1. The van der Waals surface area contributed by atoms with Gasteiger partial charge in [0.25, 0.3) is 5.69 Å². The normalized spacial score (nSPS) is 23.8. The van der Waals surface area contributed by atoms with E-state index in [0.717, 1.165) is 4.90 Å². The molecule has 2 aliphatic heterocycles. The van der Waals surface area contributed by atoms with Crippen molar-refractivity contribution in [1.29, 1.82) is 0 Å². The van der Waals surface area contributed by atoms with E-state index >= 15 is 0 Å². The maximum atomic E-state index is 12.3. The quantitative estimate of drug-likeness (QED) is 0.231. The lowest BCUT2D eigenvalue weighted by molar-refractivity contribution is -0.384. The van der Waals surface area contributed by atoms with Crippen molar-refractivity contribution < 1.29 is 38.7 Å². The van der Waals surface area contributed by atoms with Gasteiger partial charge in [0.15, 0.2) is 11.8 Å². The average Bonchev–Trinajstić information content (AvgIpc) is 2.97. The first-order valence-corrected chi connectivity index (χ1v) is 8.81. The molecule has 2 saturated heterocycles. The zero-order chi connectivity index (χ0) is 21.3. The van der Waals surface area contributed by atoms with E-state index in [-0.39, 0.29) is 25.3 Å². The molecule has 0 saturated carbocycles. The van der Waals surface area contributed by atoms with Crippen LogP contribution in [0.5, 0.6) is 0 Å². The molecule has 1 amide bonds. The average molecular weight is 406 g/mol. The maximum absolute atomic E-state index is 12.3. The van der Waals surface area contributed by atoms with Crippen LogP contribution in [0.4, 0.5) is 10.5 Å². The Morgan fingerprint density at radius 2 is 1.93 bits per heavy atom. The molecule has 3 rings (SSSR count). The molecule has 0 aliphatic carbocycles. The highest BCUT2D eigenvalue weighted by atomic mass is 16.7. The van der Waals surface area contributed by atoms with E-state index in [0.29, 0.717) is 5.56 Å². The van der Waals surface area contributed by atoms with Crippen molar-refractivity contribution in [1.82, 2.24) is 4.90 Å². The third-order valence-electron chi connectivity index (χ3n) is 5.12. The molecule has 11 heteroatoms. The second-order valence-electron chi connectivity index (χ2n) is 7.00. The van der Waals surface area contributed by atoms with E-state index in [1.165, 1.54) is 24.3 Å². The summed E-state index contributed by atoms with van der Waals surface area (Å²) in [5.41, 5.74) is 0.453. The number of hydrogen-bond donors (Lipinski definition) is 1. The fourth-order valence-corrected chi connectivity index (χ4v) is 3.69. The lowest BCUT2D eigenvalue weighted by Crippen LogP contribution is -2.64. The molecule has 1 N–H and O–H groups in total. The van der Waals surface area contributed by atoms with Gasteiger partial charge in [0.2, 0.25) is 5.91 Å². The first kappa shape index (κ1) is 20.2. The Labute approximate surface area is 164 Å². The molecule has 11 nitrogen and oxygen atoms in total. The number of nitro benzene ring substituents is 1. The minimum Gasteiger partial charge on any atom is -0.479 e. The molecule has 2 unspecified atom stereocenters. The number of ether oxygens (including phenoxy) is 2. The van der Waals surface area contributed by atoms with Crippen LogP contribution >= 0.6 is 0 Å². The number of carbonyl (C=O) groups is 4. The van der Waals surface area contributed by atoms with Gasteiger partial charge >= 0.3 is 12.1 Å². The predicted octanol–water partition coefficient (Wildman–Crippen LogP) is 1.14. The number of rotatable bonds is 7. The Kier molecular flexibility index (Phi) is 5.48. The molecule has 2 aliphatic rings. The summed E-state index contributed by atoms with van der Waals surface area (Å²) in [7, 11) is 0. The van der Waals surface area contributed by atoms with Gasteiger partial charge in [-0.2, -0.15) is 0 Å². The van der Waals surface area contributed by atoms with Crippen LogP contribution in [-0.4, -0.2) is 57.4 Å². The summed E-state index contributed by atoms with van der Waals surface area (Å²) < 4.78 is 9.93. The highest BCUT2D eigenvalue weighted by Crippen LogP contribution is 2.41. The first-order valence-electron chi connectivity index (χ1n) is 8.81. The Balaban J connectivity index is 1.46. The summed E-state index contributed by atoms with van der Waals surface area (Å²) in [6.45, 7) is 1.40.